The van der Waals surface area contributed by atoms with E-state index in [-0.39, 0.29) is 5.82 Å². The van der Waals surface area contributed by atoms with Gasteiger partial charge in [-0.2, -0.15) is 4.98 Å². The van der Waals surface area contributed by atoms with Crippen LogP contribution in [0.1, 0.15) is 37.5 Å². The van der Waals surface area contributed by atoms with E-state index < -0.39 is 6.10 Å². The summed E-state index contributed by atoms with van der Waals surface area (Å²) in [5.41, 5.74) is 0.730. The number of nitrogens with zero attached hydrogens (tertiary/aromatic N) is 2. The van der Waals surface area contributed by atoms with Gasteiger partial charge in [0, 0.05) is 11.4 Å². The lowest BCUT2D eigenvalue weighted by atomic mass is 10.0. The topological polar surface area (TPSA) is 59.2 Å². The molecule has 0 aliphatic carbocycles. The van der Waals surface area contributed by atoms with Crippen LogP contribution in [-0.2, 0) is 12.8 Å². The molecule has 4 nitrogen and oxygen atoms in total. The Kier molecular flexibility index (Phi) is 5.31. The number of hydrogen-bond donors (Lipinski definition) is 1. The molecule has 0 aliphatic rings. The van der Waals surface area contributed by atoms with Crippen molar-refractivity contribution in [2.75, 3.05) is 0 Å². The first-order valence-corrected chi connectivity index (χ1v) is 7.25. The summed E-state index contributed by atoms with van der Waals surface area (Å²) in [5, 5.41) is 14.0. The first-order valence-electron chi connectivity index (χ1n) is 6.87. The molecule has 0 amide bonds. The van der Waals surface area contributed by atoms with Gasteiger partial charge in [0.2, 0.25) is 5.89 Å². The maximum atomic E-state index is 13.0. The molecule has 1 N–H and O–H groups in total. The van der Waals surface area contributed by atoms with Crippen molar-refractivity contribution in [2.45, 2.75) is 39.2 Å². The highest BCUT2D eigenvalue weighted by Gasteiger charge is 2.14. The highest BCUT2D eigenvalue weighted by Crippen LogP contribution is 2.20. The fourth-order valence-electron chi connectivity index (χ4n) is 2.11. The van der Waals surface area contributed by atoms with Crippen molar-refractivity contribution >= 4 is 11.6 Å². The summed E-state index contributed by atoms with van der Waals surface area (Å²) in [5.74, 6) is 0.890. The van der Waals surface area contributed by atoms with Crippen LogP contribution in [0, 0.1) is 11.7 Å². The molecule has 0 fully saturated rings. The van der Waals surface area contributed by atoms with Crippen LogP contribution >= 0.6 is 11.6 Å². The predicted molar refractivity (Wildman–Crippen MR) is 77.7 cm³/mol. The summed E-state index contributed by atoms with van der Waals surface area (Å²) in [6, 6.07) is 4.19. The first kappa shape index (κ1) is 15.9. The van der Waals surface area contributed by atoms with E-state index in [0.29, 0.717) is 41.9 Å². The van der Waals surface area contributed by atoms with E-state index in [1.807, 2.05) is 13.8 Å². The zero-order chi connectivity index (χ0) is 15.4. The third-order valence-corrected chi connectivity index (χ3v) is 3.38. The van der Waals surface area contributed by atoms with Gasteiger partial charge < -0.3 is 9.63 Å². The second-order valence-corrected chi connectivity index (χ2v) is 5.91. The Hall–Kier alpha value is -1.46. The smallest absolute Gasteiger partial charge is 0.229 e. The lowest BCUT2D eigenvalue weighted by Crippen LogP contribution is -2.13. The molecule has 1 unspecified atom stereocenters. The summed E-state index contributed by atoms with van der Waals surface area (Å²) in [6.07, 6.45) is 0.889. The van der Waals surface area contributed by atoms with Gasteiger partial charge in [0.05, 0.1) is 12.5 Å². The van der Waals surface area contributed by atoms with E-state index in [9.17, 15) is 9.50 Å². The molecule has 0 aliphatic heterocycles. The van der Waals surface area contributed by atoms with Crippen molar-refractivity contribution in [1.29, 1.82) is 0 Å². The third-order valence-electron chi connectivity index (χ3n) is 3.03. The second-order valence-electron chi connectivity index (χ2n) is 5.50. The highest BCUT2D eigenvalue weighted by atomic mass is 35.5. The van der Waals surface area contributed by atoms with Crippen LogP contribution in [-0.4, -0.2) is 21.4 Å². The van der Waals surface area contributed by atoms with Gasteiger partial charge in [0.15, 0.2) is 5.82 Å². The van der Waals surface area contributed by atoms with Crippen LogP contribution in [0.15, 0.2) is 22.7 Å². The second kappa shape index (κ2) is 7.00. The van der Waals surface area contributed by atoms with Gasteiger partial charge in [0.25, 0.3) is 0 Å². The van der Waals surface area contributed by atoms with E-state index in [0.717, 1.165) is 5.56 Å². The van der Waals surface area contributed by atoms with Crippen molar-refractivity contribution in [3.8, 4) is 0 Å². The summed E-state index contributed by atoms with van der Waals surface area (Å²) in [6.45, 7) is 4.08. The Morgan fingerprint density at radius 3 is 2.81 bits per heavy atom. The molecule has 0 bridgehead atoms. The summed E-state index contributed by atoms with van der Waals surface area (Å²) in [7, 11) is 0. The number of aliphatic hydroxyl groups is 1. The van der Waals surface area contributed by atoms with Gasteiger partial charge in [0.1, 0.15) is 5.82 Å². The van der Waals surface area contributed by atoms with Gasteiger partial charge in [-0.1, -0.05) is 36.7 Å². The summed E-state index contributed by atoms with van der Waals surface area (Å²) in [4.78, 5) is 4.23. The van der Waals surface area contributed by atoms with Gasteiger partial charge in [-0.15, -0.1) is 0 Å². The Morgan fingerprint density at radius 1 is 1.38 bits per heavy atom. The van der Waals surface area contributed by atoms with Crippen LogP contribution in [0.2, 0.25) is 5.02 Å². The maximum Gasteiger partial charge on any atom is 0.229 e. The average molecular weight is 313 g/mol. The largest absolute Gasteiger partial charge is 0.393 e. The molecule has 0 saturated carbocycles. The quantitative estimate of drug-likeness (QED) is 0.888. The zero-order valence-corrected chi connectivity index (χ0v) is 12.8. The molecular formula is C15H18ClFN2O2. The fourth-order valence-corrected chi connectivity index (χ4v) is 2.34. The molecule has 21 heavy (non-hydrogen) atoms. The summed E-state index contributed by atoms with van der Waals surface area (Å²) >= 11 is 5.96. The van der Waals surface area contributed by atoms with E-state index in [1.165, 1.54) is 12.1 Å². The molecule has 1 heterocycles. The number of aromatic nitrogens is 2. The lowest BCUT2D eigenvalue weighted by molar-refractivity contribution is 0.138. The SMILES string of the molecule is CC(C)CC(O)Cc1nc(Cc2ccc(F)cc2Cl)no1. The highest BCUT2D eigenvalue weighted by molar-refractivity contribution is 6.31. The predicted octanol–water partition coefficient (Wildman–Crippen LogP) is 3.40. The zero-order valence-electron chi connectivity index (χ0n) is 12.0. The number of aliphatic hydroxyl groups excluding tert-OH is 1. The Morgan fingerprint density at radius 2 is 2.14 bits per heavy atom. The number of rotatable bonds is 6. The third kappa shape index (κ3) is 4.79. The minimum absolute atomic E-state index is 0.334. The molecule has 1 aromatic carbocycles. The van der Waals surface area contributed by atoms with Crippen molar-refractivity contribution in [2.24, 2.45) is 5.92 Å². The normalized spacial score (nSPS) is 12.9. The molecule has 0 radical (unpaired) electrons. The minimum atomic E-state index is -0.493. The molecule has 0 saturated heterocycles. The van der Waals surface area contributed by atoms with Gasteiger partial charge in [-0.25, -0.2) is 4.39 Å². The molecule has 1 atom stereocenters. The van der Waals surface area contributed by atoms with Crippen molar-refractivity contribution in [1.82, 2.24) is 10.1 Å². The van der Waals surface area contributed by atoms with Crippen LogP contribution < -0.4 is 0 Å². The monoisotopic (exact) mass is 312 g/mol. The van der Waals surface area contributed by atoms with E-state index >= 15 is 0 Å². The van der Waals surface area contributed by atoms with Crippen molar-refractivity contribution < 1.29 is 14.0 Å². The molecule has 114 valence electrons. The average Bonchev–Trinajstić information content (AvgIpc) is 2.79. The summed E-state index contributed by atoms with van der Waals surface area (Å²) < 4.78 is 18.1. The Labute approximate surface area is 127 Å². The number of hydrogen-bond acceptors (Lipinski definition) is 4. The molecule has 2 aromatic rings. The molecule has 1 aromatic heterocycles. The minimum Gasteiger partial charge on any atom is -0.393 e. The van der Waals surface area contributed by atoms with Crippen LogP contribution in [0.3, 0.4) is 0 Å². The molecule has 0 spiro atoms. The maximum absolute atomic E-state index is 13.0. The lowest BCUT2D eigenvalue weighted by Gasteiger charge is -2.09. The number of halogens is 2. The first-order chi connectivity index (χ1) is 9.94. The van der Waals surface area contributed by atoms with Gasteiger partial charge in [-0.3, -0.25) is 0 Å². The van der Waals surface area contributed by atoms with Gasteiger partial charge in [-0.05, 0) is 30.0 Å². The van der Waals surface area contributed by atoms with Gasteiger partial charge >= 0.3 is 0 Å². The van der Waals surface area contributed by atoms with E-state index in [4.69, 9.17) is 16.1 Å². The van der Waals surface area contributed by atoms with Crippen LogP contribution in [0.25, 0.3) is 0 Å². The van der Waals surface area contributed by atoms with E-state index in [1.54, 1.807) is 6.07 Å². The van der Waals surface area contributed by atoms with Crippen molar-refractivity contribution in [3.63, 3.8) is 0 Å². The fraction of sp³-hybridized carbons (Fsp3) is 0.467. The molecular weight excluding hydrogens is 295 g/mol. The molecule has 6 heteroatoms. The Balaban J connectivity index is 1.99. The Bertz CT molecular complexity index is 601. The van der Waals surface area contributed by atoms with Crippen LogP contribution in [0.5, 0.6) is 0 Å². The number of benzene rings is 1. The van der Waals surface area contributed by atoms with Crippen LogP contribution in [0.4, 0.5) is 4.39 Å². The van der Waals surface area contributed by atoms with Crippen molar-refractivity contribution in [3.05, 3.63) is 46.3 Å². The molecule has 2 rings (SSSR count). The standard InChI is InChI=1S/C15H18ClFN2O2/c1-9(2)5-12(20)8-15-18-14(19-21-15)6-10-3-4-11(17)7-13(10)16/h3-4,7,9,12,20H,5-6,8H2,1-2H3. The van der Waals surface area contributed by atoms with E-state index in [2.05, 4.69) is 10.1 Å².